The molecule has 1 aromatic rings. The summed E-state index contributed by atoms with van der Waals surface area (Å²) in [6, 6.07) is 3.23. The van der Waals surface area contributed by atoms with Gasteiger partial charge in [-0.3, -0.25) is 0 Å². The van der Waals surface area contributed by atoms with Gasteiger partial charge in [-0.05, 0) is 34.9 Å². The Morgan fingerprint density at radius 2 is 2.35 bits per heavy atom. The summed E-state index contributed by atoms with van der Waals surface area (Å²) in [6.45, 7) is 0.505. The maximum absolute atomic E-state index is 10.8. The Bertz CT molecular complexity index is 415. The van der Waals surface area contributed by atoms with E-state index in [-0.39, 0.29) is 17.0 Å². The molecule has 0 N–H and O–H groups in total. The second-order valence-corrected chi connectivity index (χ2v) is 4.92. The molecule has 17 heavy (non-hydrogen) atoms. The molecule has 1 saturated carbocycles. The van der Waals surface area contributed by atoms with Gasteiger partial charge >= 0.3 is 5.82 Å². The highest BCUT2D eigenvalue weighted by Gasteiger charge is 2.37. The van der Waals surface area contributed by atoms with Crippen molar-refractivity contribution in [1.29, 1.82) is 0 Å². The zero-order chi connectivity index (χ0) is 12.3. The Kier molecular flexibility index (Phi) is 3.61. The molecule has 6 heteroatoms. The number of aromatic nitrogens is 1. The fourth-order valence-corrected chi connectivity index (χ4v) is 2.58. The number of nitrogens with zero attached hydrogens (tertiary/aromatic N) is 2. The third-order valence-corrected chi connectivity index (χ3v) is 4.34. The lowest BCUT2D eigenvalue weighted by atomic mass is 9.71. The van der Waals surface area contributed by atoms with Gasteiger partial charge in [-0.2, -0.15) is 0 Å². The lowest BCUT2D eigenvalue weighted by molar-refractivity contribution is -0.390. The van der Waals surface area contributed by atoms with Crippen LogP contribution in [0.1, 0.15) is 19.3 Å². The zero-order valence-corrected chi connectivity index (χ0v) is 10.9. The summed E-state index contributed by atoms with van der Waals surface area (Å²) in [4.78, 5) is 13.9. The highest BCUT2D eigenvalue weighted by molar-refractivity contribution is 9.09. The van der Waals surface area contributed by atoms with E-state index < -0.39 is 4.92 Å². The lowest BCUT2D eigenvalue weighted by Gasteiger charge is -2.39. The van der Waals surface area contributed by atoms with E-state index in [1.807, 2.05) is 0 Å². The quantitative estimate of drug-likeness (QED) is 0.476. The van der Waals surface area contributed by atoms with Gasteiger partial charge < -0.3 is 14.9 Å². The van der Waals surface area contributed by atoms with Gasteiger partial charge in [0.1, 0.15) is 6.20 Å². The van der Waals surface area contributed by atoms with Crippen molar-refractivity contribution >= 4 is 21.7 Å². The summed E-state index contributed by atoms with van der Waals surface area (Å²) < 4.78 is 5.56. The number of alkyl halides is 1. The number of rotatable bonds is 5. The largest absolute Gasteiger partial charge is 0.485 e. The van der Waals surface area contributed by atoms with Crippen molar-refractivity contribution in [2.45, 2.75) is 19.3 Å². The molecule has 92 valence electrons. The summed E-state index contributed by atoms with van der Waals surface area (Å²) >= 11 is 3.47. The Balaban J connectivity index is 2.06. The van der Waals surface area contributed by atoms with Gasteiger partial charge in [-0.1, -0.05) is 22.4 Å². The van der Waals surface area contributed by atoms with Gasteiger partial charge in [0.05, 0.1) is 6.61 Å². The van der Waals surface area contributed by atoms with E-state index in [2.05, 4.69) is 20.9 Å². The van der Waals surface area contributed by atoms with Crippen LogP contribution in [-0.4, -0.2) is 21.8 Å². The van der Waals surface area contributed by atoms with Crippen LogP contribution in [0.15, 0.2) is 18.3 Å². The van der Waals surface area contributed by atoms with Crippen molar-refractivity contribution < 1.29 is 9.66 Å². The van der Waals surface area contributed by atoms with Crippen LogP contribution < -0.4 is 4.74 Å². The van der Waals surface area contributed by atoms with E-state index in [1.165, 1.54) is 12.6 Å². The molecule has 0 amide bonds. The molecule has 2 rings (SSSR count). The average Bonchev–Trinajstić information content (AvgIpc) is 2.28. The zero-order valence-electron chi connectivity index (χ0n) is 9.26. The maximum atomic E-state index is 10.8. The molecule has 0 spiro atoms. The number of hydrogen-bond acceptors (Lipinski definition) is 4. The minimum Gasteiger partial charge on any atom is -0.485 e. The fraction of sp³-hybridized carbons (Fsp3) is 0.545. The van der Waals surface area contributed by atoms with Gasteiger partial charge in [0.25, 0.3) is 0 Å². The molecule has 0 atom stereocenters. The fourth-order valence-electron chi connectivity index (χ4n) is 1.86. The van der Waals surface area contributed by atoms with Gasteiger partial charge in [-0.25, -0.2) is 0 Å². The van der Waals surface area contributed by atoms with Crippen molar-refractivity contribution in [3.8, 4) is 5.75 Å². The summed E-state index contributed by atoms with van der Waals surface area (Å²) in [5.74, 6) is 0.0428. The molecule has 1 aliphatic rings. The van der Waals surface area contributed by atoms with Crippen LogP contribution >= 0.6 is 15.9 Å². The monoisotopic (exact) mass is 300 g/mol. The first kappa shape index (κ1) is 12.3. The molecule has 1 heterocycles. The standard InChI is InChI=1S/C11H13BrN2O3/c12-7-11(4-2-5-11)8-17-9-3-1-6-13-10(9)14(15)16/h1,3,6H,2,4-5,7-8H2. The van der Waals surface area contributed by atoms with Crippen LogP contribution in [0.3, 0.4) is 0 Å². The van der Waals surface area contributed by atoms with Crippen molar-refractivity contribution in [2.75, 3.05) is 11.9 Å². The molecule has 0 aromatic carbocycles. The SMILES string of the molecule is O=[N+]([O-])c1ncccc1OCC1(CBr)CCC1. The Hall–Kier alpha value is -1.17. The molecule has 0 unspecified atom stereocenters. The third kappa shape index (κ3) is 2.57. The van der Waals surface area contributed by atoms with Crippen LogP contribution in [0.2, 0.25) is 0 Å². The molecule has 0 bridgehead atoms. The molecule has 1 aromatic heterocycles. The molecule has 0 aliphatic heterocycles. The first-order chi connectivity index (χ1) is 8.17. The number of ether oxygens (including phenoxy) is 1. The lowest BCUT2D eigenvalue weighted by Crippen LogP contribution is -2.37. The van der Waals surface area contributed by atoms with Crippen LogP contribution in [0.4, 0.5) is 5.82 Å². The third-order valence-electron chi connectivity index (χ3n) is 3.16. The van der Waals surface area contributed by atoms with E-state index in [0.29, 0.717) is 6.61 Å². The number of pyridine rings is 1. The van der Waals surface area contributed by atoms with Gasteiger partial charge in [0.15, 0.2) is 0 Å². The number of hydrogen-bond donors (Lipinski definition) is 0. The van der Waals surface area contributed by atoms with Crippen LogP contribution in [0.5, 0.6) is 5.75 Å². The summed E-state index contributed by atoms with van der Waals surface area (Å²) in [7, 11) is 0. The van der Waals surface area contributed by atoms with Crippen molar-refractivity contribution in [2.24, 2.45) is 5.41 Å². The van der Waals surface area contributed by atoms with E-state index in [1.54, 1.807) is 12.1 Å². The normalized spacial score (nSPS) is 17.2. The Morgan fingerprint density at radius 3 is 2.88 bits per heavy atom. The van der Waals surface area contributed by atoms with E-state index in [9.17, 15) is 10.1 Å². The molecule has 5 nitrogen and oxygen atoms in total. The minimum atomic E-state index is -0.517. The summed E-state index contributed by atoms with van der Waals surface area (Å²) in [6.07, 6.45) is 4.80. The smallest absolute Gasteiger partial charge is 0.406 e. The Morgan fingerprint density at radius 1 is 1.59 bits per heavy atom. The first-order valence-corrected chi connectivity index (χ1v) is 6.57. The van der Waals surface area contributed by atoms with Gasteiger partial charge in [-0.15, -0.1) is 0 Å². The van der Waals surface area contributed by atoms with Crippen LogP contribution in [-0.2, 0) is 0 Å². The number of halogens is 1. The summed E-state index contributed by atoms with van der Waals surface area (Å²) in [5, 5.41) is 11.6. The average molecular weight is 301 g/mol. The van der Waals surface area contributed by atoms with Gasteiger partial charge in [0, 0.05) is 10.7 Å². The molecule has 1 fully saturated rings. The van der Waals surface area contributed by atoms with Crippen molar-refractivity contribution in [3.63, 3.8) is 0 Å². The van der Waals surface area contributed by atoms with Crippen LogP contribution in [0, 0.1) is 15.5 Å². The minimum absolute atomic E-state index is 0.143. The maximum Gasteiger partial charge on any atom is 0.406 e. The van der Waals surface area contributed by atoms with Crippen molar-refractivity contribution in [1.82, 2.24) is 4.98 Å². The highest BCUT2D eigenvalue weighted by Crippen LogP contribution is 2.43. The summed E-state index contributed by atoms with van der Waals surface area (Å²) in [5.41, 5.74) is 0.143. The molecule has 0 saturated heterocycles. The Labute approximate surface area is 107 Å². The topological polar surface area (TPSA) is 65.3 Å². The van der Waals surface area contributed by atoms with E-state index >= 15 is 0 Å². The molecule has 0 radical (unpaired) electrons. The van der Waals surface area contributed by atoms with E-state index in [4.69, 9.17) is 4.74 Å². The number of nitro groups is 1. The predicted octanol–water partition coefficient (Wildman–Crippen LogP) is 2.93. The van der Waals surface area contributed by atoms with Gasteiger partial charge in [0.2, 0.25) is 5.75 Å². The second kappa shape index (κ2) is 5.00. The van der Waals surface area contributed by atoms with Crippen molar-refractivity contribution in [3.05, 3.63) is 28.4 Å². The first-order valence-electron chi connectivity index (χ1n) is 5.45. The second-order valence-electron chi connectivity index (χ2n) is 4.36. The molecular formula is C11H13BrN2O3. The molecule has 1 aliphatic carbocycles. The molecular weight excluding hydrogens is 288 g/mol. The van der Waals surface area contributed by atoms with E-state index in [0.717, 1.165) is 18.2 Å². The predicted molar refractivity (Wildman–Crippen MR) is 66.5 cm³/mol. The van der Waals surface area contributed by atoms with Crippen LogP contribution in [0.25, 0.3) is 0 Å². The highest BCUT2D eigenvalue weighted by atomic mass is 79.9.